The van der Waals surface area contributed by atoms with Crippen molar-refractivity contribution < 1.29 is 27.5 Å². The number of rotatable bonds is 7. The van der Waals surface area contributed by atoms with Gasteiger partial charge in [0.25, 0.3) is 5.91 Å². The summed E-state index contributed by atoms with van der Waals surface area (Å²) in [7, 11) is -0.00979. The van der Waals surface area contributed by atoms with Crippen molar-refractivity contribution in [3.63, 3.8) is 0 Å². The molecule has 12 nitrogen and oxygen atoms in total. The number of hydrogen-bond donors (Lipinski definition) is 1. The van der Waals surface area contributed by atoms with Crippen LogP contribution in [0.5, 0.6) is 5.75 Å². The molecule has 0 spiro atoms. The maximum Gasteiger partial charge on any atom is 0.407 e. The Morgan fingerprint density at radius 1 is 1.09 bits per heavy atom. The number of pyridine rings is 1. The number of methoxy groups -OCH3 is 1. The fourth-order valence-electron chi connectivity index (χ4n) is 6.00. The highest BCUT2D eigenvalue weighted by atomic mass is 32.2. The standard InChI is InChI=1S/C32H40N6O6S/c1-32(2,3)44-31(40)33-22-8-7-13-37(18-22)30(39)21-14-23-27(25(16-21)43-5)36(4)29(34-23)24-15-20-11-12-26(45(6,41)42)35-28(20)38(24)17-19-9-10-19/h11-12,14-16,19,22H,7-10,13,17-18H2,1-6H3,(H,33,40)/t22-/m1/s1. The average molecular weight is 637 g/mol. The zero-order chi connectivity index (χ0) is 32.3. The number of likely N-dealkylation sites (tertiary alicyclic amines) is 1. The maximum atomic E-state index is 13.8. The number of fused-ring (bicyclic) bond motifs is 2. The van der Waals surface area contributed by atoms with E-state index in [4.69, 9.17) is 14.5 Å². The SMILES string of the molecule is COc1cc(C(=O)N2CCC[C@@H](NC(=O)OC(C)(C)C)C2)cc2nc(-c3cc4ccc(S(C)(=O)=O)nc4n3CC3CC3)n(C)c12. The third-order valence-electron chi connectivity index (χ3n) is 8.30. The number of sulfone groups is 1. The summed E-state index contributed by atoms with van der Waals surface area (Å²) in [5, 5.41) is 3.76. The maximum absolute atomic E-state index is 13.8. The normalized spacial score (nSPS) is 17.6. The quantitative estimate of drug-likeness (QED) is 0.312. The van der Waals surface area contributed by atoms with Crippen LogP contribution < -0.4 is 10.1 Å². The molecule has 1 N–H and O–H groups in total. The third kappa shape index (κ3) is 6.35. The molecule has 0 radical (unpaired) electrons. The molecule has 0 unspecified atom stereocenters. The number of nitrogens with one attached hydrogen (secondary N) is 1. The molecule has 1 aliphatic heterocycles. The first-order valence-corrected chi connectivity index (χ1v) is 17.1. The summed E-state index contributed by atoms with van der Waals surface area (Å²) in [5.41, 5.74) is 2.60. The predicted octanol–water partition coefficient (Wildman–Crippen LogP) is 4.54. The highest BCUT2D eigenvalue weighted by Crippen LogP contribution is 2.38. The van der Waals surface area contributed by atoms with E-state index in [2.05, 4.69) is 14.9 Å². The van der Waals surface area contributed by atoms with Crippen LogP contribution in [0.2, 0.25) is 0 Å². The number of alkyl carbamates (subject to hydrolysis) is 1. The Kier molecular flexibility index (Phi) is 7.78. The van der Waals surface area contributed by atoms with E-state index >= 15 is 0 Å². The monoisotopic (exact) mass is 636 g/mol. The Morgan fingerprint density at radius 3 is 2.51 bits per heavy atom. The number of piperidine rings is 1. The van der Waals surface area contributed by atoms with E-state index in [1.54, 1.807) is 30.2 Å². The fraction of sp³-hybridized carbons (Fsp3) is 0.500. The highest BCUT2D eigenvalue weighted by Gasteiger charge is 2.30. The molecular weight excluding hydrogens is 596 g/mol. The summed E-state index contributed by atoms with van der Waals surface area (Å²) in [6, 6.07) is 8.61. The third-order valence-corrected chi connectivity index (χ3v) is 9.28. The van der Waals surface area contributed by atoms with Crippen molar-refractivity contribution >= 4 is 43.9 Å². The number of amides is 2. The smallest absolute Gasteiger partial charge is 0.407 e. The van der Waals surface area contributed by atoms with E-state index in [1.807, 2.05) is 38.5 Å². The molecular formula is C32H40N6O6S. The van der Waals surface area contributed by atoms with E-state index < -0.39 is 21.5 Å². The second kappa shape index (κ2) is 11.3. The lowest BCUT2D eigenvalue weighted by Crippen LogP contribution is -2.50. The lowest BCUT2D eigenvalue weighted by atomic mass is 10.0. The van der Waals surface area contributed by atoms with E-state index in [0.29, 0.717) is 53.9 Å². The molecule has 4 aromatic rings. The van der Waals surface area contributed by atoms with Crippen LogP contribution in [0, 0.1) is 5.92 Å². The van der Waals surface area contributed by atoms with Crippen molar-refractivity contribution in [2.45, 2.75) is 69.7 Å². The summed E-state index contributed by atoms with van der Waals surface area (Å²) >= 11 is 0. The van der Waals surface area contributed by atoms with Crippen molar-refractivity contribution in [3.05, 3.63) is 35.9 Å². The first-order chi connectivity index (χ1) is 21.2. The zero-order valence-electron chi connectivity index (χ0n) is 26.6. The van der Waals surface area contributed by atoms with Gasteiger partial charge >= 0.3 is 6.09 Å². The van der Waals surface area contributed by atoms with Crippen LogP contribution in [0.4, 0.5) is 4.79 Å². The van der Waals surface area contributed by atoms with Gasteiger partial charge in [0.1, 0.15) is 22.5 Å². The van der Waals surface area contributed by atoms with E-state index in [9.17, 15) is 18.0 Å². The molecule has 4 heterocycles. The van der Waals surface area contributed by atoms with Crippen molar-refractivity contribution in [2.75, 3.05) is 26.5 Å². The average Bonchev–Trinajstić information content (AvgIpc) is 3.63. The van der Waals surface area contributed by atoms with Crippen LogP contribution in [0.15, 0.2) is 35.4 Å². The molecule has 1 aromatic carbocycles. The first kappa shape index (κ1) is 30.9. The van der Waals surface area contributed by atoms with Gasteiger partial charge < -0.3 is 28.8 Å². The summed E-state index contributed by atoms with van der Waals surface area (Å²) in [6.07, 6.45) is 4.39. The van der Waals surface area contributed by atoms with Crippen LogP contribution in [-0.2, 0) is 28.2 Å². The number of hydrogen-bond acceptors (Lipinski definition) is 8. The Hall–Kier alpha value is -4.13. The fourth-order valence-corrected chi connectivity index (χ4v) is 6.57. The minimum Gasteiger partial charge on any atom is -0.494 e. The minimum absolute atomic E-state index is 0.0350. The van der Waals surface area contributed by atoms with Crippen LogP contribution in [0.3, 0.4) is 0 Å². The number of imidazole rings is 1. The van der Waals surface area contributed by atoms with Gasteiger partial charge in [0.2, 0.25) is 0 Å². The number of ether oxygens (including phenoxy) is 2. The Morgan fingerprint density at radius 2 is 1.84 bits per heavy atom. The largest absolute Gasteiger partial charge is 0.494 e. The molecule has 2 aliphatic rings. The number of aryl methyl sites for hydroxylation is 1. The van der Waals surface area contributed by atoms with Gasteiger partial charge in [-0.2, -0.15) is 0 Å². The topological polar surface area (TPSA) is 138 Å². The van der Waals surface area contributed by atoms with Crippen molar-refractivity contribution in [1.29, 1.82) is 0 Å². The van der Waals surface area contributed by atoms with Crippen molar-refractivity contribution in [1.82, 2.24) is 29.3 Å². The van der Waals surface area contributed by atoms with E-state index in [0.717, 1.165) is 48.5 Å². The molecule has 1 atom stereocenters. The molecule has 3 aromatic heterocycles. The molecule has 1 saturated heterocycles. The number of nitrogens with zero attached hydrogens (tertiary/aromatic N) is 5. The number of benzene rings is 1. The van der Waals surface area contributed by atoms with Crippen LogP contribution in [0.25, 0.3) is 33.6 Å². The Labute approximate surface area is 262 Å². The number of carbonyl (C=O) groups excluding carboxylic acids is 2. The Balaban J connectivity index is 1.35. The van der Waals surface area contributed by atoms with Crippen LogP contribution >= 0.6 is 0 Å². The first-order valence-electron chi connectivity index (χ1n) is 15.3. The molecule has 1 saturated carbocycles. The van der Waals surface area contributed by atoms with Gasteiger partial charge in [-0.3, -0.25) is 4.79 Å². The summed E-state index contributed by atoms with van der Waals surface area (Å²) in [6.45, 7) is 7.09. The second-order valence-corrected chi connectivity index (χ2v) is 15.2. The van der Waals surface area contributed by atoms with E-state index in [1.165, 1.54) is 6.07 Å². The molecule has 240 valence electrons. The molecule has 45 heavy (non-hydrogen) atoms. The van der Waals surface area contributed by atoms with Crippen molar-refractivity contribution in [2.24, 2.45) is 13.0 Å². The van der Waals surface area contributed by atoms with Gasteiger partial charge in [0.05, 0.1) is 18.3 Å². The van der Waals surface area contributed by atoms with Gasteiger partial charge in [0.15, 0.2) is 20.7 Å². The van der Waals surface area contributed by atoms with Crippen LogP contribution in [0.1, 0.15) is 56.8 Å². The molecule has 2 amide bonds. The number of aromatic nitrogens is 4. The second-order valence-electron chi connectivity index (χ2n) is 13.2. The molecule has 2 fully saturated rings. The van der Waals surface area contributed by atoms with Crippen molar-refractivity contribution in [3.8, 4) is 17.3 Å². The lowest BCUT2D eigenvalue weighted by Gasteiger charge is -2.33. The Bertz CT molecular complexity index is 1920. The number of carbonyl (C=O) groups is 2. The summed E-state index contributed by atoms with van der Waals surface area (Å²) < 4.78 is 39.8. The minimum atomic E-state index is -3.48. The summed E-state index contributed by atoms with van der Waals surface area (Å²) in [5.74, 6) is 1.50. The molecule has 13 heteroatoms. The van der Waals surface area contributed by atoms with E-state index in [-0.39, 0.29) is 17.0 Å². The van der Waals surface area contributed by atoms with Gasteiger partial charge in [-0.15, -0.1) is 0 Å². The van der Waals surface area contributed by atoms with Gasteiger partial charge in [-0.25, -0.2) is 23.2 Å². The molecule has 1 aliphatic carbocycles. The zero-order valence-corrected chi connectivity index (χ0v) is 27.4. The van der Waals surface area contributed by atoms with Gasteiger partial charge in [-0.05, 0) is 82.7 Å². The van der Waals surface area contributed by atoms with Gasteiger partial charge in [-0.1, -0.05) is 0 Å². The predicted molar refractivity (Wildman–Crippen MR) is 170 cm³/mol. The van der Waals surface area contributed by atoms with Crippen LogP contribution in [-0.4, -0.2) is 82.5 Å². The molecule has 0 bridgehead atoms. The lowest BCUT2D eigenvalue weighted by molar-refractivity contribution is 0.0452. The highest BCUT2D eigenvalue weighted by molar-refractivity contribution is 7.90. The van der Waals surface area contributed by atoms with Gasteiger partial charge in [0, 0.05) is 49.9 Å². The summed E-state index contributed by atoms with van der Waals surface area (Å²) in [4.78, 5) is 37.4. The molecule has 6 rings (SSSR count).